The number of nitrogens with zero attached hydrogens (tertiary/aromatic N) is 2. The van der Waals surface area contributed by atoms with E-state index in [1.807, 2.05) is 37.3 Å². The molecule has 7 nitrogen and oxygen atoms in total. The van der Waals surface area contributed by atoms with E-state index in [-0.39, 0.29) is 6.61 Å². The average Bonchev–Trinajstić information content (AvgIpc) is 3.06. The highest BCUT2D eigenvalue weighted by molar-refractivity contribution is 6.30. The number of carbonyl (C=O) groups excluding carboxylic acids is 2. The third-order valence-electron chi connectivity index (χ3n) is 3.63. The van der Waals surface area contributed by atoms with Crippen molar-refractivity contribution in [2.45, 2.75) is 6.92 Å². The summed E-state index contributed by atoms with van der Waals surface area (Å²) < 4.78 is 11.8. The number of hydrogen-bond acceptors (Lipinski definition) is 5. The van der Waals surface area contributed by atoms with Crippen molar-refractivity contribution in [2.24, 2.45) is 0 Å². The van der Waals surface area contributed by atoms with Crippen LogP contribution in [0.15, 0.2) is 60.7 Å². The Kier molecular flexibility index (Phi) is 6.29. The van der Waals surface area contributed by atoms with E-state index in [0.29, 0.717) is 16.6 Å². The van der Waals surface area contributed by atoms with Gasteiger partial charge in [0.25, 0.3) is 5.91 Å². The van der Waals surface area contributed by atoms with E-state index in [1.165, 1.54) is 0 Å². The fourth-order valence-corrected chi connectivity index (χ4v) is 2.52. The van der Waals surface area contributed by atoms with Gasteiger partial charge in [0.2, 0.25) is 0 Å². The minimum absolute atomic E-state index is 0.310. The molecule has 28 heavy (non-hydrogen) atoms. The van der Waals surface area contributed by atoms with Gasteiger partial charge in [-0.25, -0.2) is 9.48 Å². The Morgan fingerprint density at radius 1 is 1.07 bits per heavy atom. The molecule has 0 fully saturated rings. The minimum Gasteiger partial charge on any atom is -0.482 e. The summed E-state index contributed by atoms with van der Waals surface area (Å²) in [6.45, 7) is 1.08. The van der Waals surface area contributed by atoms with Gasteiger partial charge >= 0.3 is 5.97 Å². The number of aromatic nitrogens is 2. The average molecular weight is 400 g/mol. The lowest BCUT2D eigenvalue weighted by molar-refractivity contribution is -0.149. The first-order valence-corrected chi connectivity index (χ1v) is 8.85. The number of hydrogen-bond donors (Lipinski definition) is 1. The maximum atomic E-state index is 12.1. The van der Waals surface area contributed by atoms with Crippen molar-refractivity contribution >= 4 is 29.3 Å². The molecule has 0 spiro atoms. The molecule has 0 aliphatic rings. The minimum atomic E-state index is -0.655. The van der Waals surface area contributed by atoms with Gasteiger partial charge < -0.3 is 14.8 Å². The van der Waals surface area contributed by atoms with Gasteiger partial charge in [-0.15, -0.1) is 0 Å². The Morgan fingerprint density at radius 2 is 1.79 bits per heavy atom. The summed E-state index contributed by atoms with van der Waals surface area (Å²) >= 11 is 5.78. The third kappa shape index (κ3) is 5.34. The van der Waals surface area contributed by atoms with Crippen LogP contribution in [0.2, 0.25) is 5.02 Å². The summed E-state index contributed by atoms with van der Waals surface area (Å²) in [7, 11) is 0. The molecule has 1 heterocycles. The predicted molar refractivity (Wildman–Crippen MR) is 105 cm³/mol. The van der Waals surface area contributed by atoms with Crippen molar-refractivity contribution in [1.29, 1.82) is 0 Å². The molecular formula is C20H18ClN3O4. The molecule has 0 saturated heterocycles. The van der Waals surface area contributed by atoms with Crippen LogP contribution in [-0.2, 0) is 14.3 Å². The number of ether oxygens (including phenoxy) is 2. The Morgan fingerprint density at radius 3 is 2.50 bits per heavy atom. The maximum Gasteiger partial charge on any atom is 0.344 e. The number of halogens is 1. The van der Waals surface area contributed by atoms with Crippen molar-refractivity contribution in [3.05, 3.63) is 71.4 Å². The molecule has 0 saturated carbocycles. The second kappa shape index (κ2) is 9.05. The fraction of sp³-hybridized carbons (Fsp3) is 0.150. The van der Waals surface area contributed by atoms with E-state index in [4.69, 9.17) is 21.1 Å². The van der Waals surface area contributed by atoms with Crippen LogP contribution in [0.3, 0.4) is 0 Å². The molecular weight excluding hydrogens is 382 g/mol. The first kappa shape index (κ1) is 19.4. The lowest BCUT2D eigenvalue weighted by Crippen LogP contribution is -2.24. The SMILES string of the molecule is Cc1cc(NC(=O)COC(=O)COc2ccc(Cl)cc2)n(-c2ccccc2)n1. The van der Waals surface area contributed by atoms with E-state index in [2.05, 4.69) is 10.4 Å². The van der Waals surface area contributed by atoms with Crippen LogP contribution in [0.4, 0.5) is 5.82 Å². The highest BCUT2D eigenvalue weighted by Gasteiger charge is 2.13. The monoisotopic (exact) mass is 399 g/mol. The maximum absolute atomic E-state index is 12.1. The van der Waals surface area contributed by atoms with Crippen LogP contribution in [0.1, 0.15) is 5.69 Å². The van der Waals surface area contributed by atoms with E-state index < -0.39 is 18.5 Å². The first-order valence-electron chi connectivity index (χ1n) is 8.47. The lowest BCUT2D eigenvalue weighted by Gasteiger charge is -2.10. The number of rotatable bonds is 7. The smallest absolute Gasteiger partial charge is 0.344 e. The molecule has 3 rings (SSSR count). The number of carbonyl (C=O) groups is 2. The van der Waals surface area contributed by atoms with Crippen LogP contribution >= 0.6 is 11.6 Å². The summed E-state index contributed by atoms with van der Waals surface area (Å²) in [6, 6.07) is 17.7. The summed E-state index contributed by atoms with van der Waals surface area (Å²) in [4.78, 5) is 23.9. The summed E-state index contributed by atoms with van der Waals surface area (Å²) in [5, 5.41) is 7.62. The first-order chi connectivity index (χ1) is 13.5. The highest BCUT2D eigenvalue weighted by Crippen LogP contribution is 2.17. The van der Waals surface area contributed by atoms with Crippen molar-refractivity contribution in [3.8, 4) is 11.4 Å². The van der Waals surface area contributed by atoms with Crippen LogP contribution in [0.5, 0.6) is 5.75 Å². The molecule has 0 radical (unpaired) electrons. The number of amides is 1. The van der Waals surface area contributed by atoms with Crippen LogP contribution in [-0.4, -0.2) is 34.9 Å². The Balaban J connectivity index is 1.51. The van der Waals surface area contributed by atoms with Crippen LogP contribution < -0.4 is 10.1 Å². The molecule has 0 unspecified atom stereocenters. The molecule has 1 aromatic heterocycles. The Hall–Kier alpha value is -3.32. The van der Waals surface area contributed by atoms with Crippen LogP contribution in [0.25, 0.3) is 5.69 Å². The van der Waals surface area contributed by atoms with Gasteiger partial charge in [0, 0.05) is 11.1 Å². The molecule has 0 aliphatic carbocycles. The molecule has 2 aromatic carbocycles. The second-order valence-corrected chi connectivity index (χ2v) is 6.31. The zero-order valence-corrected chi connectivity index (χ0v) is 15.8. The molecule has 0 aliphatic heterocycles. The molecule has 0 atom stereocenters. The molecule has 0 bridgehead atoms. The quantitative estimate of drug-likeness (QED) is 0.616. The number of benzene rings is 2. The second-order valence-electron chi connectivity index (χ2n) is 5.87. The molecule has 8 heteroatoms. The summed E-state index contributed by atoms with van der Waals surface area (Å²) in [5.74, 6) is -0.162. The molecule has 144 valence electrons. The zero-order valence-electron chi connectivity index (χ0n) is 15.1. The van der Waals surface area contributed by atoms with Gasteiger partial charge in [-0.05, 0) is 43.3 Å². The predicted octanol–water partition coefficient (Wildman–Crippen LogP) is 3.39. The van der Waals surface area contributed by atoms with Gasteiger partial charge in [-0.2, -0.15) is 5.10 Å². The molecule has 3 aromatic rings. The van der Waals surface area contributed by atoms with E-state index in [0.717, 1.165) is 11.4 Å². The topological polar surface area (TPSA) is 82.5 Å². The molecule has 1 N–H and O–H groups in total. The van der Waals surface area contributed by atoms with Gasteiger partial charge in [-0.1, -0.05) is 29.8 Å². The summed E-state index contributed by atoms with van der Waals surface area (Å²) in [6.07, 6.45) is 0. The standard InChI is InChI=1S/C20H18ClN3O4/c1-14-11-18(24(23-14)16-5-3-2-4-6-16)22-19(25)12-28-20(26)13-27-17-9-7-15(21)8-10-17/h2-11H,12-13H2,1H3,(H,22,25). The van der Waals surface area contributed by atoms with Crippen molar-refractivity contribution in [2.75, 3.05) is 18.5 Å². The summed E-state index contributed by atoms with van der Waals surface area (Å²) in [5.41, 5.74) is 1.55. The van der Waals surface area contributed by atoms with Gasteiger partial charge in [0.05, 0.1) is 11.4 Å². The van der Waals surface area contributed by atoms with Crippen molar-refractivity contribution in [3.63, 3.8) is 0 Å². The van der Waals surface area contributed by atoms with Crippen LogP contribution in [0, 0.1) is 6.92 Å². The van der Waals surface area contributed by atoms with Gasteiger partial charge in [0.15, 0.2) is 13.2 Å². The number of esters is 1. The van der Waals surface area contributed by atoms with E-state index in [1.54, 1.807) is 35.0 Å². The number of aryl methyl sites for hydroxylation is 1. The van der Waals surface area contributed by atoms with Gasteiger partial charge in [-0.3, -0.25) is 4.79 Å². The van der Waals surface area contributed by atoms with Crippen molar-refractivity contribution in [1.82, 2.24) is 9.78 Å². The number of para-hydroxylation sites is 1. The molecule has 1 amide bonds. The fourth-order valence-electron chi connectivity index (χ4n) is 2.39. The van der Waals surface area contributed by atoms with E-state index in [9.17, 15) is 9.59 Å². The zero-order chi connectivity index (χ0) is 19.9. The number of nitrogens with one attached hydrogen (secondary N) is 1. The Bertz CT molecular complexity index is 955. The third-order valence-corrected chi connectivity index (χ3v) is 3.89. The van der Waals surface area contributed by atoms with Gasteiger partial charge in [0.1, 0.15) is 11.6 Å². The Labute approximate surface area is 166 Å². The lowest BCUT2D eigenvalue weighted by atomic mass is 10.3. The number of anilines is 1. The largest absolute Gasteiger partial charge is 0.482 e. The van der Waals surface area contributed by atoms with E-state index >= 15 is 0 Å². The highest BCUT2D eigenvalue weighted by atomic mass is 35.5. The normalized spacial score (nSPS) is 10.4. The van der Waals surface area contributed by atoms with Crippen molar-refractivity contribution < 1.29 is 19.1 Å².